The van der Waals surface area contributed by atoms with Crippen LogP contribution in [0.3, 0.4) is 0 Å². The summed E-state index contributed by atoms with van der Waals surface area (Å²) in [5.74, 6) is -1.63. The van der Waals surface area contributed by atoms with E-state index in [1.165, 1.54) is 12.1 Å². The summed E-state index contributed by atoms with van der Waals surface area (Å²) in [6.45, 7) is 1.81. The molecule has 7 heteroatoms. The number of aromatic nitrogens is 4. The molecule has 1 fully saturated rings. The molecular weight excluding hydrogens is 333 g/mol. The molecule has 6 nitrogen and oxygen atoms in total. The Balaban J connectivity index is 1.87. The number of aryl methyl sites for hydroxylation is 2. The van der Waals surface area contributed by atoms with Crippen LogP contribution in [0.1, 0.15) is 52.1 Å². The maximum absolute atomic E-state index is 13.2. The Morgan fingerprint density at radius 3 is 2.81 bits per heavy atom. The number of ketones is 1. The molecule has 0 N–H and O–H groups in total. The zero-order chi connectivity index (χ0) is 18.4. The highest BCUT2D eigenvalue weighted by Gasteiger charge is 2.31. The molecule has 0 bridgehead atoms. The molecule has 0 radical (unpaired) electrons. The van der Waals surface area contributed by atoms with E-state index in [2.05, 4.69) is 15.1 Å². The first-order valence-electron chi connectivity index (χ1n) is 8.39. The van der Waals surface area contributed by atoms with Gasteiger partial charge >= 0.3 is 0 Å². The summed E-state index contributed by atoms with van der Waals surface area (Å²) in [5.41, 5.74) is 2.84. The van der Waals surface area contributed by atoms with Crippen molar-refractivity contribution in [2.75, 3.05) is 0 Å². The van der Waals surface area contributed by atoms with E-state index in [1.807, 2.05) is 13.0 Å². The van der Waals surface area contributed by atoms with Gasteiger partial charge in [0.2, 0.25) is 0 Å². The number of hydrogen-bond donors (Lipinski definition) is 0. The van der Waals surface area contributed by atoms with Crippen molar-refractivity contribution in [3.63, 3.8) is 0 Å². The highest BCUT2D eigenvalue weighted by molar-refractivity contribution is 6.11. The van der Waals surface area contributed by atoms with E-state index in [1.54, 1.807) is 17.8 Å². The average Bonchev–Trinajstić information content (AvgIpc) is 3.43. The zero-order valence-electron chi connectivity index (χ0n) is 14.4. The lowest BCUT2D eigenvalue weighted by Gasteiger charge is -2.11. The number of nitrogens with zero attached hydrogens (tertiary/aromatic N) is 5. The minimum Gasteiger partial charge on any atom is -0.292 e. The number of fused-ring (bicyclic) bond motifs is 1. The molecule has 26 heavy (non-hydrogen) atoms. The molecule has 3 heterocycles. The van der Waals surface area contributed by atoms with Crippen molar-refractivity contribution >= 4 is 16.8 Å². The van der Waals surface area contributed by atoms with Crippen LogP contribution in [0.2, 0.25) is 0 Å². The molecule has 0 amide bonds. The molecule has 3 aromatic heterocycles. The number of halogens is 1. The second-order valence-corrected chi connectivity index (χ2v) is 6.60. The first-order valence-corrected chi connectivity index (χ1v) is 8.39. The third kappa shape index (κ3) is 2.64. The molecular formula is C19H16FN5O. The average molecular weight is 349 g/mol. The third-order valence-electron chi connectivity index (χ3n) is 4.69. The Bertz CT molecular complexity index is 1060. The lowest BCUT2D eigenvalue weighted by Crippen LogP contribution is -2.14. The molecule has 130 valence electrons. The Morgan fingerprint density at radius 1 is 1.42 bits per heavy atom. The van der Waals surface area contributed by atoms with Crippen molar-refractivity contribution in [1.29, 1.82) is 5.26 Å². The second-order valence-electron chi connectivity index (χ2n) is 6.60. The standard InChI is InChI=1S/C19H16FN5O/c1-10-17-13(7-16(11-3-4-11)23-19(17)25(2)24-10)18(26)14(8-21)15-6-5-12(20)9-22-15/h5-7,9,11,14H,3-4H2,1-2H3/t14-/m0/s1. The van der Waals surface area contributed by atoms with Crippen molar-refractivity contribution in [1.82, 2.24) is 19.7 Å². The maximum atomic E-state index is 13.2. The summed E-state index contributed by atoms with van der Waals surface area (Å²) >= 11 is 0. The van der Waals surface area contributed by atoms with Crippen LogP contribution in [-0.2, 0) is 7.05 Å². The largest absolute Gasteiger partial charge is 0.292 e. The van der Waals surface area contributed by atoms with E-state index in [0.29, 0.717) is 28.2 Å². The summed E-state index contributed by atoms with van der Waals surface area (Å²) in [5, 5.41) is 14.6. The van der Waals surface area contributed by atoms with Crippen molar-refractivity contribution in [3.05, 3.63) is 52.9 Å². The lowest BCUT2D eigenvalue weighted by molar-refractivity contribution is 0.0979. The highest BCUT2D eigenvalue weighted by atomic mass is 19.1. The third-order valence-corrected chi connectivity index (χ3v) is 4.69. The van der Waals surface area contributed by atoms with Crippen LogP contribution in [0.25, 0.3) is 11.0 Å². The number of nitriles is 1. The van der Waals surface area contributed by atoms with E-state index < -0.39 is 11.7 Å². The molecule has 1 aliphatic carbocycles. The normalized spacial score (nSPS) is 15.0. The SMILES string of the molecule is Cc1nn(C)c2nc(C3CC3)cc(C(=O)[C@@H](C#N)c3ccc(F)cn3)c12. The quantitative estimate of drug-likeness (QED) is 0.676. The maximum Gasteiger partial charge on any atom is 0.186 e. The molecule has 1 atom stereocenters. The van der Waals surface area contributed by atoms with Crippen molar-refractivity contribution in [2.24, 2.45) is 7.05 Å². The van der Waals surface area contributed by atoms with Gasteiger partial charge in [-0.1, -0.05) is 0 Å². The Hall–Kier alpha value is -3.14. The summed E-state index contributed by atoms with van der Waals surface area (Å²) in [7, 11) is 1.79. The minimum absolute atomic E-state index is 0.235. The van der Waals surface area contributed by atoms with Gasteiger partial charge in [0.25, 0.3) is 0 Å². The van der Waals surface area contributed by atoms with Crippen molar-refractivity contribution in [2.45, 2.75) is 31.6 Å². The van der Waals surface area contributed by atoms with Crippen LogP contribution < -0.4 is 0 Å². The van der Waals surface area contributed by atoms with Crippen LogP contribution >= 0.6 is 0 Å². The van der Waals surface area contributed by atoms with E-state index in [0.717, 1.165) is 24.7 Å². The summed E-state index contributed by atoms with van der Waals surface area (Å²) in [4.78, 5) is 21.8. The monoisotopic (exact) mass is 349 g/mol. The Labute approximate surface area is 149 Å². The molecule has 4 rings (SSSR count). The van der Waals surface area contributed by atoms with E-state index in [9.17, 15) is 14.4 Å². The van der Waals surface area contributed by atoms with E-state index >= 15 is 0 Å². The van der Waals surface area contributed by atoms with Gasteiger partial charge in [-0.05, 0) is 38.0 Å². The number of Topliss-reactive ketones (excluding diaryl/α,β-unsaturated/α-hetero) is 1. The smallest absolute Gasteiger partial charge is 0.186 e. The Morgan fingerprint density at radius 2 is 2.19 bits per heavy atom. The van der Waals surface area contributed by atoms with Gasteiger partial charge in [-0.15, -0.1) is 0 Å². The fourth-order valence-electron chi connectivity index (χ4n) is 3.22. The zero-order valence-corrected chi connectivity index (χ0v) is 14.4. The van der Waals surface area contributed by atoms with Gasteiger partial charge < -0.3 is 0 Å². The van der Waals surface area contributed by atoms with Gasteiger partial charge in [0.05, 0.1) is 29.0 Å². The van der Waals surface area contributed by atoms with Crippen molar-refractivity contribution in [3.8, 4) is 6.07 Å². The first-order chi connectivity index (χ1) is 12.5. The number of pyridine rings is 2. The lowest BCUT2D eigenvalue weighted by atomic mass is 9.92. The molecule has 1 aliphatic rings. The van der Waals surface area contributed by atoms with Crippen LogP contribution in [0.4, 0.5) is 4.39 Å². The molecule has 3 aromatic rings. The number of carbonyl (C=O) groups excluding carboxylic acids is 1. The van der Waals surface area contributed by atoms with Gasteiger partial charge in [0, 0.05) is 24.2 Å². The van der Waals surface area contributed by atoms with Crippen LogP contribution in [0, 0.1) is 24.1 Å². The minimum atomic E-state index is -1.10. The van der Waals surface area contributed by atoms with Gasteiger partial charge in [0.15, 0.2) is 17.3 Å². The second kappa shape index (κ2) is 5.99. The number of hydrogen-bond acceptors (Lipinski definition) is 5. The molecule has 0 aromatic carbocycles. The van der Waals surface area contributed by atoms with Crippen LogP contribution in [-0.4, -0.2) is 25.5 Å². The highest BCUT2D eigenvalue weighted by Crippen LogP contribution is 2.41. The molecule has 0 spiro atoms. The summed E-state index contributed by atoms with van der Waals surface area (Å²) < 4.78 is 14.8. The topological polar surface area (TPSA) is 84.5 Å². The number of rotatable bonds is 4. The fraction of sp³-hybridized carbons (Fsp3) is 0.316. The predicted molar refractivity (Wildman–Crippen MR) is 92.1 cm³/mol. The first kappa shape index (κ1) is 16.3. The van der Waals surface area contributed by atoms with Gasteiger partial charge in [-0.25, -0.2) is 9.37 Å². The summed E-state index contributed by atoms with van der Waals surface area (Å²) in [6.07, 6.45) is 3.11. The van der Waals surface area contributed by atoms with Gasteiger partial charge in [0.1, 0.15) is 5.82 Å². The van der Waals surface area contributed by atoms with Gasteiger partial charge in [-0.3, -0.25) is 14.5 Å². The summed E-state index contributed by atoms with van der Waals surface area (Å²) in [6, 6.07) is 6.37. The predicted octanol–water partition coefficient (Wildman–Crippen LogP) is 3.18. The van der Waals surface area contributed by atoms with E-state index in [4.69, 9.17) is 0 Å². The number of carbonyl (C=O) groups is 1. The fourth-order valence-corrected chi connectivity index (χ4v) is 3.22. The molecule has 0 unspecified atom stereocenters. The van der Waals surface area contributed by atoms with Crippen LogP contribution in [0.5, 0.6) is 0 Å². The molecule has 0 saturated heterocycles. The van der Waals surface area contributed by atoms with E-state index in [-0.39, 0.29) is 11.5 Å². The van der Waals surface area contributed by atoms with Crippen LogP contribution in [0.15, 0.2) is 24.4 Å². The molecule has 1 saturated carbocycles. The molecule has 0 aliphatic heterocycles. The Kier molecular flexibility index (Phi) is 3.76. The van der Waals surface area contributed by atoms with Gasteiger partial charge in [-0.2, -0.15) is 10.4 Å². The van der Waals surface area contributed by atoms with Crippen molar-refractivity contribution < 1.29 is 9.18 Å².